The highest BCUT2D eigenvalue weighted by Gasteiger charge is 2.33. The molecule has 3 rings (SSSR count). The van der Waals surface area contributed by atoms with Crippen LogP contribution in [-0.4, -0.2) is 55.7 Å². The molecule has 2 aromatic rings. The maximum Gasteiger partial charge on any atom is 0.415 e. The highest BCUT2D eigenvalue weighted by Crippen LogP contribution is 2.33. The first kappa shape index (κ1) is 24.3. The third-order valence-electron chi connectivity index (χ3n) is 4.34. The molecule has 13 heteroatoms. The molecule has 0 aliphatic carbocycles. The van der Waals surface area contributed by atoms with Gasteiger partial charge in [0.1, 0.15) is 11.3 Å². The molecule has 1 aliphatic rings. The summed E-state index contributed by atoms with van der Waals surface area (Å²) < 4.78 is 5.44. The summed E-state index contributed by atoms with van der Waals surface area (Å²) in [5.41, 5.74) is 0.122. The summed E-state index contributed by atoms with van der Waals surface area (Å²) >= 11 is 2.04. The maximum atomic E-state index is 13.0. The van der Waals surface area contributed by atoms with Crippen molar-refractivity contribution in [2.45, 2.75) is 32.9 Å². The molecule has 0 spiro atoms. The van der Waals surface area contributed by atoms with Gasteiger partial charge in [-0.2, -0.15) is 0 Å². The minimum Gasteiger partial charge on any atom is -0.443 e. The number of carbonyl (C=O) groups excluding carboxylic acids is 4. The van der Waals surface area contributed by atoms with Gasteiger partial charge in [0, 0.05) is 22.7 Å². The average Bonchev–Trinajstić information content (AvgIpc) is 3.35. The van der Waals surface area contributed by atoms with E-state index >= 15 is 0 Å². The summed E-state index contributed by atoms with van der Waals surface area (Å²) in [5, 5.41) is 11.2. The second-order valence-electron chi connectivity index (χ2n) is 7.95. The largest absolute Gasteiger partial charge is 0.443 e. The number of ether oxygens (including phenoxy) is 1. The highest BCUT2D eigenvalue weighted by atomic mass is 32.2. The highest BCUT2D eigenvalue weighted by molar-refractivity contribution is 8.14. The van der Waals surface area contributed by atoms with Crippen LogP contribution in [0.1, 0.15) is 36.0 Å². The molecule has 1 saturated heterocycles. The van der Waals surface area contributed by atoms with Crippen molar-refractivity contribution < 1.29 is 28.8 Å². The van der Waals surface area contributed by atoms with E-state index in [9.17, 15) is 29.3 Å². The van der Waals surface area contributed by atoms with Crippen molar-refractivity contribution in [3.8, 4) is 0 Å². The molecule has 11 nitrogen and oxygen atoms in total. The van der Waals surface area contributed by atoms with E-state index in [0.29, 0.717) is 4.88 Å². The summed E-state index contributed by atoms with van der Waals surface area (Å²) in [5.74, 6) is -1.13. The number of rotatable bonds is 7. The van der Waals surface area contributed by atoms with Gasteiger partial charge in [0.05, 0.1) is 29.3 Å². The Kier molecular flexibility index (Phi) is 7.12. The van der Waals surface area contributed by atoms with E-state index in [4.69, 9.17) is 4.74 Å². The van der Waals surface area contributed by atoms with Gasteiger partial charge in [0.25, 0.3) is 10.9 Å². The van der Waals surface area contributed by atoms with Gasteiger partial charge in [0.2, 0.25) is 5.91 Å². The van der Waals surface area contributed by atoms with Gasteiger partial charge in [-0.3, -0.25) is 39.3 Å². The van der Waals surface area contributed by atoms with E-state index in [1.54, 1.807) is 26.3 Å². The van der Waals surface area contributed by atoms with Gasteiger partial charge in [-0.25, -0.2) is 4.79 Å². The number of anilines is 1. The number of nitro groups is 1. The summed E-state index contributed by atoms with van der Waals surface area (Å²) in [6.07, 6.45) is 0.676. The Balaban J connectivity index is 2.01. The Bertz CT molecular complexity index is 1100. The maximum absolute atomic E-state index is 13.0. The quantitative estimate of drug-likeness (QED) is 0.320. The minimum atomic E-state index is -0.876. The van der Waals surface area contributed by atoms with Crippen LogP contribution in [0.25, 0.3) is 0 Å². The van der Waals surface area contributed by atoms with Crippen molar-refractivity contribution in [2.75, 3.05) is 17.2 Å². The van der Waals surface area contributed by atoms with Gasteiger partial charge >= 0.3 is 6.09 Å². The first-order chi connectivity index (χ1) is 15.5. The Morgan fingerprint density at radius 2 is 2.03 bits per heavy atom. The molecule has 174 valence electrons. The third-order valence-corrected chi connectivity index (χ3v) is 5.96. The van der Waals surface area contributed by atoms with Crippen LogP contribution < -0.4 is 4.90 Å². The molecule has 0 atom stereocenters. The van der Waals surface area contributed by atoms with Gasteiger partial charge in [-0.05, 0) is 32.9 Å². The molecule has 33 heavy (non-hydrogen) atoms. The standard InChI is InChI=1S/C20H20N4O7S2/c1-20(2,3)31-18(27)22(8-13-7-21-11-33-13)15-6-12(4-5-14(15)24(29)30)16(25)9-23-17(26)10-32-19(23)28/h4-7,11H,8-10H2,1-3H3. The number of nitro benzene ring substituents is 1. The molecule has 1 aromatic carbocycles. The smallest absolute Gasteiger partial charge is 0.415 e. The Morgan fingerprint density at radius 1 is 1.30 bits per heavy atom. The van der Waals surface area contributed by atoms with E-state index in [1.165, 1.54) is 29.7 Å². The van der Waals surface area contributed by atoms with Crippen LogP contribution >= 0.6 is 23.1 Å². The van der Waals surface area contributed by atoms with Gasteiger partial charge in [-0.15, -0.1) is 11.3 Å². The second-order valence-corrected chi connectivity index (χ2v) is 9.85. The molecule has 0 N–H and O–H groups in total. The van der Waals surface area contributed by atoms with Crippen molar-refractivity contribution >= 4 is 57.5 Å². The number of amides is 3. The van der Waals surface area contributed by atoms with Gasteiger partial charge in [-0.1, -0.05) is 11.8 Å². The molecule has 0 saturated carbocycles. The average molecular weight is 493 g/mol. The lowest BCUT2D eigenvalue weighted by atomic mass is 10.1. The number of ketones is 1. The number of thiazole rings is 1. The topological polar surface area (TPSA) is 140 Å². The second kappa shape index (κ2) is 9.67. The van der Waals surface area contributed by atoms with Crippen LogP contribution in [0.4, 0.5) is 21.0 Å². The van der Waals surface area contributed by atoms with Crippen molar-refractivity contribution in [1.82, 2.24) is 9.88 Å². The number of nitrogens with zero attached hydrogens (tertiary/aromatic N) is 4. The van der Waals surface area contributed by atoms with Crippen LogP contribution in [0.5, 0.6) is 0 Å². The van der Waals surface area contributed by atoms with Gasteiger partial charge in [0.15, 0.2) is 5.78 Å². The van der Waals surface area contributed by atoms with Crippen LogP contribution in [-0.2, 0) is 16.1 Å². The zero-order chi connectivity index (χ0) is 24.3. The number of Topliss-reactive ketones (excluding diaryl/α,β-unsaturated/α-hetero) is 1. The summed E-state index contributed by atoms with van der Waals surface area (Å²) in [7, 11) is 0. The molecule has 1 aromatic heterocycles. The Morgan fingerprint density at radius 3 is 2.58 bits per heavy atom. The number of hydrogen-bond acceptors (Lipinski definition) is 10. The zero-order valence-electron chi connectivity index (χ0n) is 18.0. The molecular formula is C20H20N4O7S2. The van der Waals surface area contributed by atoms with Gasteiger partial charge < -0.3 is 4.74 Å². The minimum absolute atomic E-state index is 0.00552. The number of thioether (sulfide) groups is 1. The van der Waals surface area contributed by atoms with E-state index < -0.39 is 45.8 Å². The SMILES string of the molecule is CC(C)(C)OC(=O)N(Cc1cncs1)c1cc(C(=O)CN2C(=O)CSC2=O)ccc1[N+](=O)[O-]. The molecule has 0 bridgehead atoms. The number of carbonyl (C=O) groups is 4. The fourth-order valence-corrected chi connectivity index (χ4v) is 4.18. The van der Waals surface area contributed by atoms with Crippen molar-refractivity contribution in [3.63, 3.8) is 0 Å². The lowest BCUT2D eigenvalue weighted by Gasteiger charge is -2.27. The van der Waals surface area contributed by atoms with Crippen LogP contribution in [0, 0.1) is 10.1 Å². The molecule has 1 aliphatic heterocycles. The molecule has 0 radical (unpaired) electrons. The lowest BCUT2D eigenvalue weighted by molar-refractivity contribution is -0.384. The molecular weight excluding hydrogens is 472 g/mol. The number of benzene rings is 1. The Labute approximate surface area is 196 Å². The van der Waals surface area contributed by atoms with Crippen molar-refractivity contribution in [1.29, 1.82) is 0 Å². The summed E-state index contributed by atoms with van der Waals surface area (Å²) in [6.45, 7) is 4.41. The normalized spacial score (nSPS) is 13.8. The fraction of sp³-hybridized carbons (Fsp3) is 0.350. The summed E-state index contributed by atoms with van der Waals surface area (Å²) in [6, 6.07) is 3.53. The fourth-order valence-electron chi connectivity index (χ4n) is 2.88. The predicted octanol–water partition coefficient (Wildman–Crippen LogP) is 3.87. The van der Waals surface area contributed by atoms with Crippen molar-refractivity contribution in [2.24, 2.45) is 0 Å². The molecule has 1 fully saturated rings. The first-order valence-corrected chi connectivity index (χ1v) is 11.5. The van der Waals surface area contributed by atoms with Crippen LogP contribution in [0.15, 0.2) is 29.9 Å². The lowest BCUT2D eigenvalue weighted by Crippen LogP contribution is -2.37. The monoisotopic (exact) mass is 492 g/mol. The first-order valence-electron chi connectivity index (χ1n) is 9.63. The van der Waals surface area contributed by atoms with E-state index in [1.807, 2.05) is 0 Å². The van der Waals surface area contributed by atoms with E-state index in [0.717, 1.165) is 27.6 Å². The van der Waals surface area contributed by atoms with Crippen molar-refractivity contribution in [3.05, 3.63) is 50.5 Å². The number of aromatic nitrogens is 1. The number of hydrogen-bond donors (Lipinski definition) is 0. The third kappa shape index (κ3) is 5.93. The van der Waals surface area contributed by atoms with E-state index in [-0.39, 0.29) is 23.5 Å². The van der Waals surface area contributed by atoms with Crippen LogP contribution in [0.3, 0.4) is 0 Å². The zero-order valence-corrected chi connectivity index (χ0v) is 19.6. The van der Waals surface area contributed by atoms with E-state index in [2.05, 4.69) is 4.98 Å². The number of imide groups is 1. The predicted molar refractivity (Wildman–Crippen MR) is 122 cm³/mol. The summed E-state index contributed by atoms with van der Waals surface area (Å²) in [4.78, 5) is 67.0. The molecule has 3 amide bonds. The Hall–Kier alpha value is -3.32. The molecule has 2 heterocycles. The molecule has 0 unspecified atom stereocenters. The van der Waals surface area contributed by atoms with Crippen LogP contribution in [0.2, 0.25) is 0 Å².